The van der Waals surface area contributed by atoms with E-state index in [1.165, 1.54) is 11.1 Å². The molecule has 0 aliphatic carbocycles. The fraction of sp³-hybridized carbons (Fsp3) is 0.176. The van der Waals surface area contributed by atoms with Crippen molar-refractivity contribution in [2.75, 3.05) is 0 Å². The van der Waals surface area contributed by atoms with E-state index in [4.69, 9.17) is 5.73 Å². The predicted molar refractivity (Wildman–Crippen MR) is 80.7 cm³/mol. The van der Waals surface area contributed by atoms with Crippen LogP contribution in [0.1, 0.15) is 35.7 Å². The summed E-state index contributed by atoms with van der Waals surface area (Å²) in [7, 11) is 0. The quantitative estimate of drug-likeness (QED) is 0.854. The van der Waals surface area contributed by atoms with E-state index in [0.717, 1.165) is 5.56 Å². The topological polar surface area (TPSA) is 38.0 Å². The number of rotatable bonds is 5. The second-order valence-corrected chi connectivity index (χ2v) is 4.67. The molecule has 2 aromatic rings. The average molecular weight is 252 g/mol. The van der Waals surface area contributed by atoms with Crippen molar-refractivity contribution in [3.05, 3.63) is 84.1 Å². The van der Waals surface area contributed by atoms with Gasteiger partial charge in [-0.25, -0.2) is 0 Å². The molecule has 0 spiro atoms. The Bertz CT molecular complexity index is 515. The molecule has 19 heavy (non-hydrogen) atoms. The molecule has 0 bridgehead atoms. The highest BCUT2D eigenvalue weighted by atomic mass is 14.9. The predicted octanol–water partition coefficient (Wildman–Crippen LogP) is 3.53. The molecule has 0 aromatic heterocycles. The third kappa shape index (κ3) is 3.24. The molecule has 0 saturated carbocycles. The van der Waals surface area contributed by atoms with Gasteiger partial charge in [0.1, 0.15) is 0 Å². The Morgan fingerprint density at radius 1 is 0.947 bits per heavy atom. The molecule has 2 rings (SSSR count). The molecule has 2 atom stereocenters. The van der Waals surface area contributed by atoms with Crippen LogP contribution >= 0.6 is 0 Å². The Kier molecular flexibility index (Phi) is 4.37. The van der Waals surface area contributed by atoms with Crippen LogP contribution in [0.2, 0.25) is 0 Å². The van der Waals surface area contributed by atoms with Gasteiger partial charge in [-0.2, -0.15) is 0 Å². The van der Waals surface area contributed by atoms with Gasteiger partial charge in [-0.05, 0) is 29.8 Å². The lowest BCUT2D eigenvalue weighted by molar-refractivity contribution is 0.728. The highest BCUT2D eigenvalue weighted by molar-refractivity contribution is 5.34. The van der Waals surface area contributed by atoms with Crippen LogP contribution in [0.5, 0.6) is 0 Å². The summed E-state index contributed by atoms with van der Waals surface area (Å²) in [4.78, 5) is 0. The molecule has 2 aromatic carbocycles. The molecule has 98 valence electrons. The van der Waals surface area contributed by atoms with Crippen LogP contribution in [0, 0.1) is 0 Å². The molecular weight excluding hydrogens is 232 g/mol. The minimum absolute atomic E-state index is 0.0663. The first-order valence-electron chi connectivity index (χ1n) is 6.49. The van der Waals surface area contributed by atoms with Gasteiger partial charge in [0.05, 0.1) is 6.04 Å². The normalized spacial score (nSPS) is 13.6. The Hall–Kier alpha value is -2.06. The van der Waals surface area contributed by atoms with Crippen molar-refractivity contribution in [1.82, 2.24) is 5.32 Å². The van der Waals surface area contributed by atoms with Crippen molar-refractivity contribution in [1.29, 1.82) is 0 Å². The van der Waals surface area contributed by atoms with Gasteiger partial charge in [-0.1, -0.05) is 61.2 Å². The van der Waals surface area contributed by atoms with Gasteiger partial charge in [0, 0.05) is 6.04 Å². The van der Waals surface area contributed by atoms with E-state index < -0.39 is 0 Å². The van der Waals surface area contributed by atoms with E-state index >= 15 is 0 Å². The van der Waals surface area contributed by atoms with Gasteiger partial charge >= 0.3 is 0 Å². The molecule has 0 aliphatic rings. The first kappa shape index (κ1) is 13.4. The number of nitrogens with two attached hydrogens (primary N) is 1. The summed E-state index contributed by atoms with van der Waals surface area (Å²) in [5.74, 6) is 0. The number of hydrogen-bond donors (Lipinski definition) is 2. The standard InChI is InChI=1S/C17H20N2/c1-3-19-17(15-7-5-4-6-8-15)16-11-9-14(10-12-16)13(2)18/h3-13,17,19H,1,18H2,2H3. The highest BCUT2D eigenvalue weighted by Crippen LogP contribution is 2.23. The Morgan fingerprint density at radius 2 is 1.47 bits per heavy atom. The van der Waals surface area contributed by atoms with E-state index in [-0.39, 0.29) is 12.1 Å². The summed E-state index contributed by atoms with van der Waals surface area (Å²) >= 11 is 0. The van der Waals surface area contributed by atoms with Crippen molar-refractivity contribution in [3.63, 3.8) is 0 Å². The summed E-state index contributed by atoms with van der Waals surface area (Å²) in [6.45, 7) is 5.76. The molecule has 2 heteroatoms. The molecule has 0 saturated heterocycles. The Labute approximate surface area is 115 Å². The molecule has 0 fully saturated rings. The zero-order valence-electron chi connectivity index (χ0n) is 11.2. The van der Waals surface area contributed by atoms with Gasteiger partial charge in [-0.3, -0.25) is 0 Å². The van der Waals surface area contributed by atoms with Crippen LogP contribution in [0.25, 0.3) is 0 Å². The molecule has 0 aliphatic heterocycles. The van der Waals surface area contributed by atoms with Crippen LogP contribution in [-0.2, 0) is 0 Å². The lowest BCUT2D eigenvalue weighted by Crippen LogP contribution is -2.16. The van der Waals surface area contributed by atoms with E-state index in [0.29, 0.717) is 0 Å². The third-order valence-corrected chi connectivity index (χ3v) is 3.21. The highest BCUT2D eigenvalue weighted by Gasteiger charge is 2.12. The number of benzene rings is 2. The van der Waals surface area contributed by atoms with Crippen LogP contribution < -0.4 is 11.1 Å². The zero-order valence-corrected chi connectivity index (χ0v) is 11.2. The number of hydrogen-bond acceptors (Lipinski definition) is 2. The number of nitrogens with one attached hydrogen (secondary N) is 1. The molecular formula is C17H20N2. The lowest BCUT2D eigenvalue weighted by atomic mass is 9.97. The third-order valence-electron chi connectivity index (χ3n) is 3.21. The fourth-order valence-corrected chi connectivity index (χ4v) is 2.14. The molecule has 2 nitrogen and oxygen atoms in total. The largest absolute Gasteiger partial charge is 0.381 e. The van der Waals surface area contributed by atoms with Crippen molar-refractivity contribution in [3.8, 4) is 0 Å². The second-order valence-electron chi connectivity index (χ2n) is 4.67. The molecule has 0 amide bonds. The maximum Gasteiger partial charge on any atom is 0.0762 e. The summed E-state index contributed by atoms with van der Waals surface area (Å²) < 4.78 is 0. The summed E-state index contributed by atoms with van der Waals surface area (Å²) in [6, 6.07) is 18.9. The van der Waals surface area contributed by atoms with Crippen molar-refractivity contribution < 1.29 is 0 Å². The average Bonchev–Trinajstić information content (AvgIpc) is 2.46. The van der Waals surface area contributed by atoms with Gasteiger partial charge in [-0.15, -0.1) is 0 Å². The smallest absolute Gasteiger partial charge is 0.0762 e. The molecule has 0 heterocycles. The first-order chi connectivity index (χ1) is 9.22. The first-order valence-corrected chi connectivity index (χ1v) is 6.49. The van der Waals surface area contributed by atoms with Crippen molar-refractivity contribution in [2.24, 2.45) is 5.73 Å². The van der Waals surface area contributed by atoms with Crippen molar-refractivity contribution in [2.45, 2.75) is 19.0 Å². The summed E-state index contributed by atoms with van der Waals surface area (Å²) in [5, 5.41) is 3.30. The van der Waals surface area contributed by atoms with Crippen LogP contribution in [0.15, 0.2) is 67.4 Å². The van der Waals surface area contributed by atoms with Gasteiger partial charge in [0.15, 0.2) is 0 Å². The summed E-state index contributed by atoms with van der Waals surface area (Å²) in [6.07, 6.45) is 1.73. The van der Waals surface area contributed by atoms with E-state index in [2.05, 4.69) is 48.3 Å². The van der Waals surface area contributed by atoms with Crippen LogP contribution in [0.4, 0.5) is 0 Å². The van der Waals surface area contributed by atoms with E-state index in [1.54, 1.807) is 6.20 Å². The van der Waals surface area contributed by atoms with Crippen molar-refractivity contribution >= 4 is 0 Å². The second kappa shape index (κ2) is 6.21. The summed E-state index contributed by atoms with van der Waals surface area (Å²) in [5.41, 5.74) is 9.45. The molecule has 0 radical (unpaired) electrons. The Morgan fingerprint density at radius 3 is 2.00 bits per heavy atom. The van der Waals surface area contributed by atoms with Crippen LogP contribution in [0.3, 0.4) is 0 Å². The zero-order chi connectivity index (χ0) is 13.7. The minimum atomic E-state index is 0.0663. The Balaban J connectivity index is 2.31. The van der Waals surface area contributed by atoms with Crippen LogP contribution in [-0.4, -0.2) is 0 Å². The SMILES string of the molecule is C=CNC(c1ccccc1)c1ccc(C(C)N)cc1. The molecule has 2 unspecified atom stereocenters. The molecule has 3 N–H and O–H groups in total. The van der Waals surface area contributed by atoms with Gasteiger partial charge < -0.3 is 11.1 Å². The van der Waals surface area contributed by atoms with Gasteiger partial charge in [0.25, 0.3) is 0 Å². The fourth-order valence-electron chi connectivity index (χ4n) is 2.14. The minimum Gasteiger partial charge on any atom is -0.381 e. The lowest BCUT2D eigenvalue weighted by Gasteiger charge is -2.19. The van der Waals surface area contributed by atoms with E-state index in [9.17, 15) is 0 Å². The monoisotopic (exact) mass is 252 g/mol. The maximum atomic E-state index is 5.88. The van der Waals surface area contributed by atoms with E-state index in [1.807, 2.05) is 25.1 Å². The van der Waals surface area contributed by atoms with Gasteiger partial charge in [0.2, 0.25) is 0 Å². The maximum absolute atomic E-state index is 5.88.